The van der Waals surface area contributed by atoms with Gasteiger partial charge in [-0.1, -0.05) is 109 Å². The molecule has 3 rings (SSSR count). The maximum Gasteiger partial charge on any atom is 0.473 e. The molecule has 0 radical (unpaired) electrons. The minimum Gasteiger partial charge on any atom is -0.479 e. The summed E-state index contributed by atoms with van der Waals surface area (Å²) in [5.41, 5.74) is 6.75. The van der Waals surface area contributed by atoms with Crippen molar-refractivity contribution in [2.45, 2.75) is 128 Å². The number of imidazole rings is 1. The van der Waals surface area contributed by atoms with Crippen LogP contribution in [0.25, 0.3) is 11.2 Å². The van der Waals surface area contributed by atoms with Gasteiger partial charge in [-0.25, -0.2) is 24.3 Å². The number of fused-ring (bicyclic) bond motifs is 1. The average molecular weight is 610 g/mol. The lowest BCUT2D eigenvalue weighted by Crippen LogP contribution is -2.24. The molecular weight excluding hydrogens is 561 g/mol. The van der Waals surface area contributed by atoms with Crippen LogP contribution >= 0.6 is 7.82 Å². The first-order chi connectivity index (χ1) is 20.3. The van der Waals surface area contributed by atoms with Gasteiger partial charge in [0.15, 0.2) is 23.8 Å². The van der Waals surface area contributed by atoms with Gasteiger partial charge in [-0.2, -0.15) is 0 Å². The lowest BCUT2D eigenvalue weighted by molar-refractivity contribution is -0.146. The second-order valence-corrected chi connectivity index (χ2v) is 12.4. The molecule has 0 fully saturated rings. The summed E-state index contributed by atoms with van der Waals surface area (Å²) in [5, 5.41) is 9.50. The van der Waals surface area contributed by atoms with Crippen molar-refractivity contribution >= 4 is 30.8 Å². The van der Waals surface area contributed by atoms with E-state index in [2.05, 4.69) is 21.9 Å². The van der Waals surface area contributed by atoms with Crippen molar-refractivity contribution in [1.82, 2.24) is 19.5 Å². The number of carboxylic acid groups (broad SMARTS) is 1. The monoisotopic (exact) mass is 609 g/mol. The first kappa shape index (κ1) is 34.1. The normalized spacial score (nSPS) is 18.9. The van der Waals surface area contributed by atoms with E-state index in [0.29, 0.717) is 17.6 Å². The maximum atomic E-state index is 12.5. The predicted octanol–water partition coefficient (Wildman–Crippen LogP) is 6.71. The summed E-state index contributed by atoms with van der Waals surface area (Å²) < 4.78 is 30.1. The van der Waals surface area contributed by atoms with Crippen molar-refractivity contribution in [3.63, 3.8) is 0 Å². The second-order valence-electron chi connectivity index (χ2n) is 11.0. The molecule has 0 saturated carbocycles. The van der Waals surface area contributed by atoms with E-state index in [1.807, 2.05) is 0 Å². The zero-order valence-electron chi connectivity index (χ0n) is 24.8. The Kier molecular flexibility index (Phi) is 14.9. The number of nitrogens with two attached hydrogens (primary N) is 1. The van der Waals surface area contributed by atoms with E-state index in [4.69, 9.17) is 19.5 Å². The summed E-state index contributed by atoms with van der Waals surface area (Å²) in [6.45, 7) is 1.95. The summed E-state index contributed by atoms with van der Waals surface area (Å²) in [6, 6.07) is 0. The smallest absolute Gasteiger partial charge is 0.473 e. The van der Waals surface area contributed by atoms with Crippen LogP contribution in [0.3, 0.4) is 0 Å². The van der Waals surface area contributed by atoms with Gasteiger partial charge in [0, 0.05) is 0 Å². The largest absolute Gasteiger partial charge is 0.479 e. The van der Waals surface area contributed by atoms with Crippen molar-refractivity contribution in [2.24, 2.45) is 0 Å². The first-order valence-corrected chi connectivity index (χ1v) is 17.0. The Morgan fingerprint density at radius 3 is 2.17 bits per heavy atom. The van der Waals surface area contributed by atoms with Gasteiger partial charge in [-0.05, 0) is 12.5 Å². The molecule has 2 aromatic rings. The van der Waals surface area contributed by atoms with E-state index < -0.39 is 32.2 Å². The van der Waals surface area contributed by atoms with Crippen molar-refractivity contribution in [3.8, 4) is 0 Å². The number of phosphoric ester groups is 1. The SMILES string of the molecule is CCCCCCCCCCCCCCCCCC(OP(=O)(O)OC[C@@H]1C=C[C@H](n2cnc3c(N)ncnc32)O1)C(=O)O. The van der Waals surface area contributed by atoms with Gasteiger partial charge in [-0.3, -0.25) is 13.6 Å². The highest BCUT2D eigenvalue weighted by Crippen LogP contribution is 2.46. The molecule has 1 aliphatic rings. The zero-order valence-corrected chi connectivity index (χ0v) is 25.7. The van der Waals surface area contributed by atoms with E-state index in [1.54, 1.807) is 16.7 Å². The molecule has 4 atom stereocenters. The maximum absolute atomic E-state index is 12.5. The fourth-order valence-corrected chi connectivity index (χ4v) is 5.99. The third-order valence-electron chi connectivity index (χ3n) is 7.47. The topological polar surface area (TPSA) is 172 Å². The van der Waals surface area contributed by atoms with E-state index in [1.165, 1.54) is 83.3 Å². The molecule has 42 heavy (non-hydrogen) atoms. The van der Waals surface area contributed by atoms with Crippen molar-refractivity contribution in [2.75, 3.05) is 12.3 Å². The summed E-state index contributed by atoms with van der Waals surface area (Å²) in [6.07, 6.45) is 21.8. The van der Waals surface area contributed by atoms with Gasteiger partial charge < -0.3 is 20.5 Å². The standard InChI is InChI=1S/C29H48N5O7P/c1-2-3-4-5-6-7-8-9-10-11-12-13-14-15-16-17-24(29(35)36)41-42(37,38)39-20-23-18-19-25(40-23)34-22-33-26-27(30)31-21-32-28(26)34/h18-19,21-25H,2-17,20H2,1H3,(H,35,36)(H,37,38)(H2,30,31,32)/t23-,24?,25+/m0/s1. The van der Waals surface area contributed by atoms with Gasteiger partial charge in [0.05, 0.1) is 12.9 Å². The van der Waals surface area contributed by atoms with Crippen LogP contribution in [0.1, 0.15) is 116 Å². The molecular formula is C29H48N5O7P. The third-order valence-corrected chi connectivity index (χ3v) is 8.47. The van der Waals surface area contributed by atoms with Crippen LogP contribution in [0.5, 0.6) is 0 Å². The predicted molar refractivity (Wildman–Crippen MR) is 161 cm³/mol. The lowest BCUT2D eigenvalue weighted by Gasteiger charge is -2.20. The molecule has 0 aromatic carbocycles. The number of nitrogens with zero attached hydrogens (tertiary/aromatic N) is 4. The number of hydrogen-bond acceptors (Lipinski definition) is 9. The molecule has 2 unspecified atom stereocenters. The van der Waals surface area contributed by atoms with Crippen molar-refractivity contribution in [3.05, 3.63) is 24.8 Å². The summed E-state index contributed by atoms with van der Waals surface area (Å²) >= 11 is 0. The minimum atomic E-state index is -4.62. The Labute approximate surface area is 248 Å². The number of rotatable bonds is 23. The molecule has 236 valence electrons. The summed E-state index contributed by atoms with van der Waals surface area (Å²) in [4.78, 5) is 34.1. The number of unbranched alkanes of at least 4 members (excludes halogenated alkanes) is 14. The molecule has 0 spiro atoms. The number of ether oxygens (including phenoxy) is 1. The van der Waals surface area contributed by atoms with Crippen molar-refractivity contribution < 1.29 is 33.1 Å². The third kappa shape index (κ3) is 11.7. The van der Waals surface area contributed by atoms with Gasteiger partial charge in [0.25, 0.3) is 0 Å². The summed E-state index contributed by atoms with van der Waals surface area (Å²) in [7, 11) is -4.62. The van der Waals surface area contributed by atoms with Gasteiger partial charge in [0.2, 0.25) is 0 Å². The number of nitrogen functional groups attached to an aromatic ring is 1. The molecule has 12 nitrogen and oxygen atoms in total. The van der Waals surface area contributed by atoms with Crippen molar-refractivity contribution in [1.29, 1.82) is 0 Å². The zero-order chi connectivity index (χ0) is 30.2. The van der Waals surface area contributed by atoms with Crippen LogP contribution < -0.4 is 5.73 Å². The number of carbonyl (C=O) groups is 1. The Morgan fingerprint density at radius 1 is 0.976 bits per heavy atom. The second kappa shape index (κ2) is 18.3. The highest BCUT2D eigenvalue weighted by atomic mass is 31.2. The molecule has 4 N–H and O–H groups in total. The first-order valence-electron chi connectivity index (χ1n) is 15.5. The van der Waals surface area contributed by atoms with E-state index in [-0.39, 0.29) is 18.8 Å². The molecule has 0 bridgehead atoms. The Bertz CT molecular complexity index is 1160. The molecule has 0 aliphatic carbocycles. The highest BCUT2D eigenvalue weighted by Gasteiger charge is 2.33. The fraction of sp³-hybridized carbons (Fsp3) is 0.724. The number of anilines is 1. The van der Waals surface area contributed by atoms with Crippen LogP contribution in [-0.4, -0.2) is 54.3 Å². The van der Waals surface area contributed by atoms with Crippen LogP contribution in [0.4, 0.5) is 5.82 Å². The van der Waals surface area contributed by atoms with Crippen LogP contribution in [0, 0.1) is 0 Å². The Hall–Kier alpha value is -2.37. The Balaban J connectivity index is 1.25. The number of phosphoric acid groups is 1. The number of carboxylic acids is 1. The summed E-state index contributed by atoms with van der Waals surface area (Å²) in [5.74, 6) is -1.04. The quantitative estimate of drug-likeness (QED) is 0.0694. The van der Waals surface area contributed by atoms with Crippen LogP contribution in [0.15, 0.2) is 24.8 Å². The van der Waals surface area contributed by atoms with Crippen LogP contribution in [0.2, 0.25) is 0 Å². The number of aromatic nitrogens is 4. The highest BCUT2D eigenvalue weighted by molar-refractivity contribution is 7.47. The number of hydrogen-bond donors (Lipinski definition) is 3. The lowest BCUT2D eigenvalue weighted by atomic mass is 10.0. The van der Waals surface area contributed by atoms with Gasteiger partial charge >= 0.3 is 13.8 Å². The molecule has 1 aliphatic heterocycles. The average Bonchev–Trinajstić information content (AvgIpc) is 3.61. The van der Waals surface area contributed by atoms with E-state index in [0.717, 1.165) is 19.3 Å². The molecule has 0 saturated heterocycles. The van der Waals surface area contributed by atoms with Gasteiger partial charge in [0.1, 0.15) is 17.9 Å². The van der Waals surface area contributed by atoms with Crippen LogP contribution in [-0.2, 0) is 23.1 Å². The molecule has 2 aromatic heterocycles. The van der Waals surface area contributed by atoms with Gasteiger partial charge in [-0.15, -0.1) is 0 Å². The van der Waals surface area contributed by atoms with E-state index in [9.17, 15) is 19.4 Å². The molecule has 0 amide bonds. The molecule has 13 heteroatoms. The fourth-order valence-electron chi connectivity index (χ4n) is 5.08. The molecule has 3 heterocycles. The minimum absolute atomic E-state index is 0.141. The Morgan fingerprint density at radius 2 is 1.57 bits per heavy atom. The van der Waals surface area contributed by atoms with E-state index >= 15 is 0 Å². The number of aliphatic carboxylic acids is 1.